The van der Waals surface area contributed by atoms with Gasteiger partial charge in [-0.1, -0.05) is 231 Å². The maximum absolute atomic E-state index is 12.2. The zero-order valence-corrected chi connectivity index (χ0v) is 41.5. The number of hydrogen-bond donors (Lipinski definition) is 3. The van der Waals surface area contributed by atoms with Crippen LogP contribution in [0.2, 0.25) is 0 Å². The molecule has 366 valence electrons. The van der Waals surface area contributed by atoms with E-state index in [2.05, 4.69) is 43.5 Å². The molecule has 1 amide bonds. The quantitative estimate of drug-likeness (QED) is 0.0238. The van der Waals surface area contributed by atoms with E-state index in [1.54, 1.807) is 0 Å². The highest BCUT2D eigenvalue weighted by molar-refractivity contribution is 7.47. The van der Waals surface area contributed by atoms with Crippen molar-refractivity contribution < 1.29 is 37.9 Å². The molecule has 10 heteroatoms. The van der Waals surface area contributed by atoms with Crippen molar-refractivity contribution in [1.82, 2.24) is 5.32 Å². The van der Waals surface area contributed by atoms with Gasteiger partial charge in [-0.25, -0.2) is 4.57 Å². The number of aliphatic hydroxyl groups is 1. The fourth-order valence-electron chi connectivity index (χ4n) is 7.65. The molecule has 2 atom stereocenters. The molecule has 0 bridgehead atoms. The van der Waals surface area contributed by atoms with E-state index in [9.17, 15) is 24.2 Å². The van der Waals surface area contributed by atoms with Crippen molar-refractivity contribution in [3.05, 3.63) is 24.3 Å². The van der Waals surface area contributed by atoms with E-state index in [-0.39, 0.29) is 32.1 Å². The van der Waals surface area contributed by atoms with Gasteiger partial charge < -0.3 is 20.1 Å². The Labute approximate surface area is 382 Å². The maximum atomic E-state index is 12.2. The van der Waals surface area contributed by atoms with Gasteiger partial charge in [-0.2, -0.15) is 0 Å². The first-order chi connectivity index (χ1) is 30.3. The molecule has 0 aliphatic heterocycles. The minimum Gasteiger partial charge on any atom is -0.463 e. The maximum Gasteiger partial charge on any atom is 0.472 e. The molecule has 0 radical (unpaired) electrons. The van der Waals surface area contributed by atoms with E-state index < -0.39 is 26.5 Å². The summed E-state index contributed by atoms with van der Waals surface area (Å²) in [5.41, 5.74) is 0. The lowest BCUT2D eigenvalue weighted by molar-refractivity contribution is -0.147. The van der Waals surface area contributed by atoms with Gasteiger partial charge in [0.15, 0.2) is 0 Å². The number of nitrogens with one attached hydrogen (secondary N) is 1. The summed E-state index contributed by atoms with van der Waals surface area (Å²) < 4.78 is 27.0. The van der Waals surface area contributed by atoms with Crippen molar-refractivity contribution in [1.29, 1.82) is 0 Å². The average molecular weight is 898 g/mol. The van der Waals surface area contributed by atoms with Crippen LogP contribution in [0.15, 0.2) is 24.3 Å². The van der Waals surface area contributed by atoms with E-state index in [1.165, 1.54) is 193 Å². The van der Waals surface area contributed by atoms with E-state index in [1.807, 2.05) is 0 Å². The van der Waals surface area contributed by atoms with E-state index in [0.29, 0.717) is 6.42 Å². The fraction of sp³-hybridized carbons (Fsp3) is 0.885. The van der Waals surface area contributed by atoms with Gasteiger partial charge in [0, 0.05) is 19.4 Å². The molecular formula is C52H100NO8P. The van der Waals surface area contributed by atoms with E-state index in [4.69, 9.17) is 13.8 Å². The summed E-state index contributed by atoms with van der Waals surface area (Å²) in [4.78, 5) is 34.1. The predicted molar refractivity (Wildman–Crippen MR) is 261 cm³/mol. The molecule has 9 nitrogen and oxygen atoms in total. The highest BCUT2D eigenvalue weighted by atomic mass is 31.2. The second kappa shape index (κ2) is 48.9. The van der Waals surface area contributed by atoms with Gasteiger partial charge in [0.2, 0.25) is 5.91 Å². The van der Waals surface area contributed by atoms with Crippen LogP contribution in [-0.2, 0) is 27.9 Å². The molecule has 62 heavy (non-hydrogen) atoms. The summed E-state index contributed by atoms with van der Waals surface area (Å²) in [6.45, 7) is 3.58. The lowest BCUT2D eigenvalue weighted by atomic mass is 10.0. The van der Waals surface area contributed by atoms with Gasteiger partial charge in [-0.15, -0.1) is 0 Å². The standard InChI is InChI=1S/C52H100NO8P/c1-3-5-7-9-11-13-15-17-19-21-23-25-26-28-30-32-34-36-38-40-42-44-51(55)53-46-47-60-62(57,58)61-49-50(54)48-59-52(56)45-43-41-39-37-35-33-31-29-27-24-22-20-18-16-14-12-10-8-6-4-2/h11,13,17,19,50,54H,3-10,12,14-16,18,20-49H2,1-2H3,(H,53,55)(H,57,58)/b13-11-,19-17-. The van der Waals surface area contributed by atoms with Crippen molar-refractivity contribution in [3.8, 4) is 0 Å². The number of phosphoric ester groups is 1. The minimum absolute atomic E-state index is 0.0833. The minimum atomic E-state index is -4.42. The average Bonchev–Trinajstić information content (AvgIpc) is 3.26. The van der Waals surface area contributed by atoms with Gasteiger partial charge in [0.25, 0.3) is 0 Å². The van der Waals surface area contributed by atoms with Crippen LogP contribution in [0, 0.1) is 0 Å². The number of ether oxygens (including phenoxy) is 1. The number of hydrogen-bond acceptors (Lipinski definition) is 7. The van der Waals surface area contributed by atoms with Crippen LogP contribution in [0.4, 0.5) is 0 Å². The number of carbonyl (C=O) groups is 2. The highest BCUT2D eigenvalue weighted by Gasteiger charge is 2.23. The second-order valence-corrected chi connectivity index (χ2v) is 19.3. The van der Waals surface area contributed by atoms with Gasteiger partial charge >= 0.3 is 13.8 Å². The highest BCUT2D eigenvalue weighted by Crippen LogP contribution is 2.42. The van der Waals surface area contributed by atoms with E-state index in [0.717, 1.165) is 44.9 Å². The first kappa shape index (κ1) is 60.5. The third-order valence-corrected chi connectivity index (χ3v) is 12.6. The Morgan fingerprint density at radius 2 is 0.871 bits per heavy atom. The molecular weight excluding hydrogens is 798 g/mol. The van der Waals surface area contributed by atoms with Crippen molar-refractivity contribution in [2.24, 2.45) is 0 Å². The molecule has 0 aromatic carbocycles. The predicted octanol–water partition coefficient (Wildman–Crippen LogP) is 15.5. The summed E-state index contributed by atoms with van der Waals surface area (Å²) in [6, 6.07) is 0. The smallest absolute Gasteiger partial charge is 0.463 e. The Morgan fingerprint density at radius 1 is 0.500 bits per heavy atom. The Kier molecular flexibility index (Phi) is 47.7. The Bertz CT molecular complexity index is 1070. The molecule has 0 saturated heterocycles. The number of esters is 1. The van der Waals surface area contributed by atoms with Gasteiger partial charge in [-0.05, 0) is 44.9 Å². The number of allylic oxidation sites excluding steroid dienone is 4. The zero-order valence-electron chi connectivity index (χ0n) is 40.6. The number of carbonyl (C=O) groups excluding carboxylic acids is 2. The molecule has 0 aromatic heterocycles. The number of rotatable bonds is 50. The topological polar surface area (TPSA) is 131 Å². The lowest BCUT2D eigenvalue weighted by Gasteiger charge is -2.15. The van der Waals surface area contributed by atoms with Crippen LogP contribution < -0.4 is 5.32 Å². The molecule has 0 aromatic rings. The molecule has 0 spiro atoms. The first-order valence-electron chi connectivity index (χ1n) is 26.3. The third-order valence-electron chi connectivity index (χ3n) is 11.6. The Morgan fingerprint density at radius 3 is 1.32 bits per heavy atom. The Balaban J connectivity index is 3.52. The molecule has 3 N–H and O–H groups in total. The molecule has 2 unspecified atom stereocenters. The summed E-state index contributed by atoms with van der Waals surface area (Å²) >= 11 is 0. The first-order valence-corrected chi connectivity index (χ1v) is 27.8. The lowest BCUT2D eigenvalue weighted by Crippen LogP contribution is -2.27. The summed E-state index contributed by atoms with van der Waals surface area (Å²) in [5.74, 6) is -0.506. The third kappa shape index (κ3) is 49.5. The summed E-state index contributed by atoms with van der Waals surface area (Å²) in [6.07, 6.45) is 55.5. The zero-order chi connectivity index (χ0) is 45.3. The van der Waals surface area contributed by atoms with Crippen molar-refractivity contribution in [2.45, 2.75) is 270 Å². The van der Waals surface area contributed by atoms with E-state index >= 15 is 0 Å². The monoisotopic (exact) mass is 898 g/mol. The molecule has 0 fully saturated rings. The molecule has 0 aliphatic rings. The number of unbranched alkanes of at least 4 members (excludes halogenated alkanes) is 33. The van der Waals surface area contributed by atoms with Gasteiger partial charge in [-0.3, -0.25) is 18.6 Å². The molecule has 0 heterocycles. The second-order valence-electron chi connectivity index (χ2n) is 17.9. The Hall–Kier alpha value is -1.51. The number of phosphoric acid groups is 1. The van der Waals surface area contributed by atoms with Crippen molar-refractivity contribution in [3.63, 3.8) is 0 Å². The largest absolute Gasteiger partial charge is 0.472 e. The van der Waals surface area contributed by atoms with Crippen LogP contribution in [0.5, 0.6) is 0 Å². The van der Waals surface area contributed by atoms with Gasteiger partial charge in [0.1, 0.15) is 12.7 Å². The number of aliphatic hydroxyl groups excluding tert-OH is 1. The molecule has 0 aliphatic carbocycles. The summed E-state index contributed by atoms with van der Waals surface area (Å²) in [7, 11) is -4.42. The van der Waals surface area contributed by atoms with Crippen LogP contribution in [0.25, 0.3) is 0 Å². The summed E-state index contributed by atoms with van der Waals surface area (Å²) in [5, 5.41) is 12.8. The SMILES string of the molecule is CCCCC/C=C\C/C=C\CCCCCCCCCCCCCC(=O)NCCOP(=O)(O)OCC(O)COC(=O)CCCCCCCCCCCCCCCCCCCCCC. The normalized spacial score (nSPS) is 13.3. The molecule has 0 rings (SSSR count). The van der Waals surface area contributed by atoms with Crippen LogP contribution in [0.1, 0.15) is 264 Å². The van der Waals surface area contributed by atoms with Crippen molar-refractivity contribution >= 4 is 19.7 Å². The van der Waals surface area contributed by atoms with Crippen LogP contribution >= 0.6 is 7.82 Å². The molecule has 0 saturated carbocycles. The number of amides is 1. The van der Waals surface area contributed by atoms with Crippen LogP contribution in [0.3, 0.4) is 0 Å². The van der Waals surface area contributed by atoms with Crippen molar-refractivity contribution in [2.75, 3.05) is 26.4 Å². The van der Waals surface area contributed by atoms with Gasteiger partial charge in [0.05, 0.1) is 13.2 Å². The fourth-order valence-corrected chi connectivity index (χ4v) is 8.41. The van der Waals surface area contributed by atoms with Crippen LogP contribution in [-0.4, -0.2) is 54.3 Å².